The van der Waals surface area contributed by atoms with Gasteiger partial charge in [0, 0.05) is 0 Å². The molecule has 0 saturated carbocycles. The summed E-state index contributed by atoms with van der Waals surface area (Å²) in [6.45, 7) is 1.96. The Hall–Kier alpha value is -1.43. The van der Waals surface area contributed by atoms with Gasteiger partial charge in [-0.1, -0.05) is 11.3 Å². The maximum absolute atomic E-state index is 11.4. The van der Waals surface area contributed by atoms with Crippen molar-refractivity contribution in [2.24, 2.45) is 0 Å². The third-order valence-corrected chi connectivity index (χ3v) is 2.28. The van der Waals surface area contributed by atoms with E-state index in [0.717, 1.165) is 11.3 Å². The molecule has 0 aromatic carbocycles. The summed E-state index contributed by atoms with van der Waals surface area (Å²) in [5.41, 5.74) is 5.34. The van der Waals surface area contributed by atoms with Crippen LogP contribution >= 0.6 is 11.3 Å². The predicted octanol–water partition coefficient (Wildman–Crippen LogP) is 0.861. The quantitative estimate of drug-likeness (QED) is 0.456. The molecule has 0 aliphatic rings. The molecule has 76 valence electrons. The number of carbonyl (C=O) groups is 2. The number of rotatable bonds is 4. The van der Waals surface area contributed by atoms with Crippen molar-refractivity contribution in [2.45, 2.75) is 13.3 Å². The maximum atomic E-state index is 11.4. The molecule has 1 aromatic heterocycles. The van der Waals surface area contributed by atoms with Gasteiger partial charge in [-0.3, -0.25) is 9.59 Å². The van der Waals surface area contributed by atoms with Gasteiger partial charge in [0.15, 0.2) is 10.9 Å². The first-order valence-corrected chi connectivity index (χ1v) is 4.85. The molecule has 0 atom stereocenters. The fraction of sp³-hybridized carbons (Fsp3) is 0.375. The molecule has 0 saturated heterocycles. The van der Waals surface area contributed by atoms with Crippen LogP contribution in [-0.2, 0) is 9.53 Å². The van der Waals surface area contributed by atoms with Crippen LogP contribution in [0.15, 0.2) is 6.20 Å². The fourth-order valence-corrected chi connectivity index (χ4v) is 1.47. The SMILES string of the molecule is CCOC(=O)CC(=O)c1cnc(N)s1. The average molecular weight is 214 g/mol. The van der Waals surface area contributed by atoms with Crippen molar-refractivity contribution >= 4 is 28.2 Å². The van der Waals surface area contributed by atoms with Gasteiger partial charge >= 0.3 is 5.97 Å². The van der Waals surface area contributed by atoms with E-state index in [4.69, 9.17) is 5.73 Å². The van der Waals surface area contributed by atoms with E-state index in [1.807, 2.05) is 0 Å². The number of carbonyl (C=O) groups excluding carboxylic acids is 2. The molecule has 1 heterocycles. The zero-order valence-corrected chi connectivity index (χ0v) is 8.47. The highest BCUT2D eigenvalue weighted by atomic mass is 32.1. The Morgan fingerprint density at radius 2 is 2.36 bits per heavy atom. The Bertz CT molecular complexity index is 348. The van der Waals surface area contributed by atoms with E-state index in [1.165, 1.54) is 6.20 Å². The highest BCUT2D eigenvalue weighted by molar-refractivity contribution is 7.17. The lowest BCUT2D eigenvalue weighted by Crippen LogP contribution is -2.10. The highest BCUT2D eigenvalue weighted by Crippen LogP contribution is 2.16. The summed E-state index contributed by atoms with van der Waals surface area (Å²) in [5, 5.41) is 0.317. The van der Waals surface area contributed by atoms with Crippen LogP contribution in [0.3, 0.4) is 0 Å². The third kappa shape index (κ3) is 2.81. The Kier molecular flexibility index (Phi) is 3.58. The van der Waals surface area contributed by atoms with Crippen LogP contribution in [0.4, 0.5) is 5.13 Å². The lowest BCUT2D eigenvalue weighted by molar-refractivity contribution is -0.141. The van der Waals surface area contributed by atoms with E-state index in [9.17, 15) is 9.59 Å². The molecule has 0 bridgehead atoms. The van der Waals surface area contributed by atoms with E-state index >= 15 is 0 Å². The van der Waals surface area contributed by atoms with Crippen LogP contribution in [0.2, 0.25) is 0 Å². The molecular formula is C8H10N2O3S. The van der Waals surface area contributed by atoms with Gasteiger partial charge < -0.3 is 10.5 Å². The minimum atomic E-state index is -0.524. The number of anilines is 1. The normalized spacial score (nSPS) is 9.79. The van der Waals surface area contributed by atoms with Gasteiger partial charge in [-0.05, 0) is 6.92 Å². The Morgan fingerprint density at radius 3 is 2.86 bits per heavy atom. The second-order valence-corrected chi connectivity index (χ2v) is 3.53. The molecule has 5 nitrogen and oxygen atoms in total. The number of esters is 1. The molecule has 2 N–H and O–H groups in total. The van der Waals surface area contributed by atoms with Crippen molar-refractivity contribution in [3.63, 3.8) is 0 Å². The molecule has 6 heteroatoms. The van der Waals surface area contributed by atoms with Gasteiger partial charge in [0.05, 0.1) is 17.7 Å². The number of nitrogens with two attached hydrogens (primary N) is 1. The van der Waals surface area contributed by atoms with Crippen LogP contribution in [0.1, 0.15) is 23.0 Å². The minimum Gasteiger partial charge on any atom is -0.466 e. The lowest BCUT2D eigenvalue weighted by Gasteiger charge is -1.98. The molecule has 0 fully saturated rings. The minimum absolute atomic E-state index is 0.254. The van der Waals surface area contributed by atoms with Gasteiger partial charge in [-0.2, -0.15) is 0 Å². The molecular weight excluding hydrogens is 204 g/mol. The first kappa shape index (κ1) is 10.6. The summed E-state index contributed by atoms with van der Waals surface area (Å²) in [6.07, 6.45) is 1.11. The molecule has 1 aromatic rings. The Balaban J connectivity index is 2.55. The number of Topliss-reactive ketones (excluding diaryl/α,β-unsaturated/α-hetero) is 1. The van der Waals surface area contributed by atoms with E-state index in [0.29, 0.717) is 10.0 Å². The molecule has 0 aliphatic heterocycles. The number of ether oxygens (including phenoxy) is 1. The number of hydrogen-bond acceptors (Lipinski definition) is 6. The van der Waals surface area contributed by atoms with E-state index in [-0.39, 0.29) is 18.8 Å². The van der Waals surface area contributed by atoms with Crippen molar-refractivity contribution in [1.82, 2.24) is 4.98 Å². The van der Waals surface area contributed by atoms with Crippen molar-refractivity contribution in [2.75, 3.05) is 12.3 Å². The van der Waals surface area contributed by atoms with Crippen molar-refractivity contribution in [3.05, 3.63) is 11.1 Å². The summed E-state index contributed by atoms with van der Waals surface area (Å²) in [5.74, 6) is -0.831. The van der Waals surface area contributed by atoms with E-state index < -0.39 is 5.97 Å². The molecule has 0 aliphatic carbocycles. The van der Waals surface area contributed by atoms with Gasteiger partial charge in [0.1, 0.15) is 6.42 Å². The Morgan fingerprint density at radius 1 is 1.64 bits per heavy atom. The van der Waals surface area contributed by atoms with Crippen molar-refractivity contribution in [1.29, 1.82) is 0 Å². The zero-order chi connectivity index (χ0) is 10.6. The predicted molar refractivity (Wildman–Crippen MR) is 52.1 cm³/mol. The van der Waals surface area contributed by atoms with Crippen LogP contribution in [0.5, 0.6) is 0 Å². The molecule has 0 radical (unpaired) electrons. The van der Waals surface area contributed by atoms with Gasteiger partial charge in [-0.15, -0.1) is 0 Å². The maximum Gasteiger partial charge on any atom is 0.313 e. The lowest BCUT2D eigenvalue weighted by atomic mass is 10.2. The van der Waals surface area contributed by atoms with Crippen molar-refractivity contribution < 1.29 is 14.3 Å². The number of ketones is 1. The molecule has 1 rings (SSSR count). The number of nitrogen functional groups attached to an aromatic ring is 1. The summed E-state index contributed by atoms with van der Waals surface area (Å²) < 4.78 is 4.63. The van der Waals surface area contributed by atoms with Crippen LogP contribution < -0.4 is 5.73 Å². The molecule has 0 amide bonds. The van der Waals surface area contributed by atoms with Crippen LogP contribution in [-0.4, -0.2) is 23.3 Å². The largest absolute Gasteiger partial charge is 0.466 e. The molecule has 0 unspecified atom stereocenters. The highest BCUT2D eigenvalue weighted by Gasteiger charge is 2.14. The average Bonchev–Trinajstić information content (AvgIpc) is 2.52. The summed E-state index contributed by atoms with van der Waals surface area (Å²) in [6, 6.07) is 0. The third-order valence-electron chi connectivity index (χ3n) is 1.41. The number of thiazole rings is 1. The van der Waals surface area contributed by atoms with E-state index in [1.54, 1.807) is 6.92 Å². The van der Waals surface area contributed by atoms with Gasteiger partial charge in [-0.25, -0.2) is 4.98 Å². The molecule has 14 heavy (non-hydrogen) atoms. The molecule has 0 spiro atoms. The van der Waals surface area contributed by atoms with E-state index in [2.05, 4.69) is 9.72 Å². The fourth-order valence-electron chi connectivity index (χ4n) is 0.847. The number of aromatic nitrogens is 1. The standard InChI is InChI=1S/C8H10N2O3S/c1-2-13-7(12)3-5(11)6-4-10-8(9)14-6/h4H,2-3H2,1H3,(H2,9,10). The topological polar surface area (TPSA) is 82.3 Å². The van der Waals surface area contributed by atoms with Gasteiger partial charge in [0.2, 0.25) is 0 Å². The second-order valence-electron chi connectivity index (χ2n) is 2.47. The first-order chi connectivity index (χ1) is 6.63. The van der Waals surface area contributed by atoms with Crippen LogP contribution in [0, 0.1) is 0 Å². The first-order valence-electron chi connectivity index (χ1n) is 4.03. The van der Waals surface area contributed by atoms with Gasteiger partial charge in [0.25, 0.3) is 0 Å². The number of hydrogen-bond donors (Lipinski definition) is 1. The van der Waals surface area contributed by atoms with Crippen molar-refractivity contribution in [3.8, 4) is 0 Å². The zero-order valence-electron chi connectivity index (χ0n) is 7.65. The smallest absolute Gasteiger partial charge is 0.313 e. The number of nitrogens with zero attached hydrogens (tertiary/aromatic N) is 1. The summed E-state index contributed by atoms with van der Waals surface area (Å²) in [4.78, 5) is 26.4. The second kappa shape index (κ2) is 4.71. The van der Waals surface area contributed by atoms with Crippen LogP contribution in [0.25, 0.3) is 0 Å². The summed E-state index contributed by atoms with van der Waals surface area (Å²) in [7, 11) is 0. The Labute approximate surface area is 84.9 Å². The monoisotopic (exact) mass is 214 g/mol. The summed E-state index contributed by atoms with van der Waals surface area (Å²) >= 11 is 1.07.